The van der Waals surface area contributed by atoms with Crippen LogP contribution in [0.3, 0.4) is 0 Å². The fraction of sp³-hybridized carbons (Fsp3) is 0. The van der Waals surface area contributed by atoms with Crippen LogP contribution in [0.15, 0.2) is 72.8 Å². The number of hydrogen-bond donors (Lipinski definition) is 3. The monoisotopic (exact) mass is 399 g/mol. The summed E-state index contributed by atoms with van der Waals surface area (Å²) < 4.78 is 17.8. The minimum atomic E-state index is -2.82. The Morgan fingerprint density at radius 1 is 0.480 bits per heavy atom. The first-order chi connectivity index (χ1) is 12.1. The fourth-order valence-corrected chi connectivity index (χ4v) is 4.28. The van der Waals surface area contributed by atoms with E-state index in [1.807, 2.05) is 36.4 Å². The second-order valence-corrected chi connectivity index (χ2v) is 7.20. The number of benzene rings is 3. The van der Waals surface area contributed by atoms with E-state index in [-0.39, 0.29) is 0 Å². The SMILES string of the molecule is Nc1ccccc1O[As](Oc1ccccc1N)Oc1ccccc1N. The predicted molar refractivity (Wildman–Crippen MR) is 100 cm³/mol. The van der Waals surface area contributed by atoms with Crippen LogP contribution in [0.25, 0.3) is 0 Å². The molecular formula is C18H18AsN3O3. The van der Waals surface area contributed by atoms with E-state index in [2.05, 4.69) is 0 Å². The van der Waals surface area contributed by atoms with E-state index in [0.717, 1.165) is 0 Å². The van der Waals surface area contributed by atoms with Gasteiger partial charge in [-0.15, -0.1) is 0 Å². The molecule has 0 saturated carbocycles. The zero-order valence-electron chi connectivity index (χ0n) is 13.3. The third-order valence-electron chi connectivity index (χ3n) is 3.28. The van der Waals surface area contributed by atoms with E-state index in [4.69, 9.17) is 28.4 Å². The molecule has 0 aromatic heterocycles. The second kappa shape index (κ2) is 7.73. The molecule has 3 rings (SSSR count). The van der Waals surface area contributed by atoms with Crippen LogP contribution >= 0.6 is 0 Å². The van der Waals surface area contributed by atoms with Gasteiger partial charge >= 0.3 is 151 Å². The van der Waals surface area contributed by atoms with Crippen molar-refractivity contribution in [2.24, 2.45) is 0 Å². The number of nitrogens with two attached hydrogens (primary N) is 3. The zero-order valence-corrected chi connectivity index (χ0v) is 15.2. The van der Waals surface area contributed by atoms with Gasteiger partial charge in [-0.05, 0) is 0 Å². The van der Waals surface area contributed by atoms with Gasteiger partial charge in [0, 0.05) is 0 Å². The summed E-state index contributed by atoms with van der Waals surface area (Å²) in [5.74, 6) is 1.48. The van der Waals surface area contributed by atoms with Gasteiger partial charge in [-0.2, -0.15) is 0 Å². The molecule has 0 spiro atoms. The van der Waals surface area contributed by atoms with Gasteiger partial charge in [-0.3, -0.25) is 0 Å². The van der Waals surface area contributed by atoms with Crippen molar-refractivity contribution >= 4 is 32.7 Å². The number of nitrogen functional groups attached to an aromatic ring is 3. The van der Waals surface area contributed by atoms with E-state index >= 15 is 0 Å². The normalized spacial score (nSPS) is 10.4. The average molecular weight is 399 g/mol. The van der Waals surface area contributed by atoms with Crippen LogP contribution in [-0.4, -0.2) is 15.7 Å². The number of para-hydroxylation sites is 6. The summed E-state index contributed by atoms with van der Waals surface area (Å²) in [6.45, 7) is 0. The number of anilines is 3. The molecule has 0 amide bonds. The topological polar surface area (TPSA) is 106 Å². The Kier molecular flexibility index (Phi) is 5.21. The van der Waals surface area contributed by atoms with Crippen molar-refractivity contribution in [3.8, 4) is 17.2 Å². The Balaban J connectivity index is 1.86. The third kappa shape index (κ3) is 4.31. The van der Waals surface area contributed by atoms with Crippen molar-refractivity contribution in [2.45, 2.75) is 0 Å². The average Bonchev–Trinajstić information content (AvgIpc) is 2.61. The first-order valence-electron chi connectivity index (χ1n) is 7.51. The molecule has 6 N–H and O–H groups in total. The molecule has 25 heavy (non-hydrogen) atoms. The molecule has 0 heterocycles. The van der Waals surface area contributed by atoms with Gasteiger partial charge in [-0.25, -0.2) is 0 Å². The first-order valence-corrected chi connectivity index (χ1v) is 9.81. The molecule has 3 aromatic carbocycles. The molecule has 0 radical (unpaired) electrons. The van der Waals surface area contributed by atoms with E-state index in [1.54, 1.807) is 36.4 Å². The molecule has 3 aromatic rings. The van der Waals surface area contributed by atoms with Crippen LogP contribution in [-0.2, 0) is 0 Å². The van der Waals surface area contributed by atoms with Crippen LogP contribution in [0.4, 0.5) is 17.1 Å². The van der Waals surface area contributed by atoms with Crippen LogP contribution < -0.4 is 28.4 Å². The Hall–Kier alpha value is -2.98. The summed E-state index contributed by atoms with van der Waals surface area (Å²) in [7, 11) is 0. The minimum absolute atomic E-state index is 0.492. The predicted octanol–water partition coefficient (Wildman–Crippen LogP) is 2.95. The summed E-state index contributed by atoms with van der Waals surface area (Å²) in [6.07, 6.45) is 0. The standard InChI is InChI=1S/C18H18AsN3O3/c20-13-7-1-4-10-16(13)23-19(24-17-11-5-2-8-14(17)21)25-18-12-6-3-9-15(18)22/h1-12H,20-22H2. The molecule has 7 heteroatoms. The van der Waals surface area contributed by atoms with Gasteiger partial charge in [0.1, 0.15) is 0 Å². The summed E-state index contributed by atoms with van der Waals surface area (Å²) in [5.41, 5.74) is 19.3. The summed E-state index contributed by atoms with van der Waals surface area (Å²) in [6, 6.07) is 21.5. The van der Waals surface area contributed by atoms with Crippen molar-refractivity contribution in [1.29, 1.82) is 0 Å². The maximum absolute atomic E-state index is 5.95. The van der Waals surface area contributed by atoms with Crippen molar-refractivity contribution in [2.75, 3.05) is 17.2 Å². The molecule has 0 unspecified atom stereocenters. The molecule has 0 fully saturated rings. The van der Waals surface area contributed by atoms with E-state index < -0.39 is 15.7 Å². The second-order valence-electron chi connectivity index (χ2n) is 5.11. The molecule has 0 atom stereocenters. The summed E-state index contributed by atoms with van der Waals surface area (Å²) >= 11 is -2.82. The number of hydrogen-bond acceptors (Lipinski definition) is 6. The first kappa shape index (κ1) is 16.9. The van der Waals surface area contributed by atoms with Gasteiger partial charge in [0.05, 0.1) is 0 Å². The Morgan fingerprint density at radius 2 is 0.760 bits per heavy atom. The Labute approximate surface area is 151 Å². The zero-order chi connectivity index (χ0) is 17.6. The molecular weight excluding hydrogens is 381 g/mol. The number of rotatable bonds is 6. The maximum atomic E-state index is 5.95. The van der Waals surface area contributed by atoms with E-state index in [9.17, 15) is 0 Å². The van der Waals surface area contributed by atoms with Crippen LogP contribution in [0, 0.1) is 0 Å². The van der Waals surface area contributed by atoms with Crippen LogP contribution in [0.5, 0.6) is 17.2 Å². The van der Waals surface area contributed by atoms with Gasteiger partial charge in [0.2, 0.25) is 0 Å². The quantitative estimate of drug-likeness (QED) is 0.435. The van der Waals surface area contributed by atoms with Gasteiger partial charge in [0.25, 0.3) is 0 Å². The molecule has 0 aliphatic rings. The molecule has 0 bridgehead atoms. The Bertz CT molecular complexity index is 747. The van der Waals surface area contributed by atoms with Gasteiger partial charge in [-0.1, -0.05) is 0 Å². The van der Waals surface area contributed by atoms with Crippen LogP contribution in [0.2, 0.25) is 0 Å². The fourth-order valence-electron chi connectivity index (χ4n) is 1.99. The molecule has 0 aliphatic carbocycles. The molecule has 128 valence electrons. The van der Waals surface area contributed by atoms with E-state index in [1.165, 1.54) is 0 Å². The van der Waals surface area contributed by atoms with Gasteiger partial charge < -0.3 is 0 Å². The Morgan fingerprint density at radius 3 is 1.04 bits per heavy atom. The third-order valence-corrected chi connectivity index (χ3v) is 5.45. The summed E-state index contributed by atoms with van der Waals surface area (Å²) in [4.78, 5) is 0. The molecule has 6 nitrogen and oxygen atoms in total. The van der Waals surface area contributed by atoms with Crippen molar-refractivity contribution in [3.05, 3.63) is 72.8 Å². The van der Waals surface area contributed by atoms with Crippen molar-refractivity contribution in [3.63, 3.8) is 0 Å². The summed E-state index contributed by atoms with van der Waals surface area (Å²) in [5, 5.41) is 0. The van der Waals surface area contributed by atoms with E-state index in [0.29, 0.717) is 34.3 Å². The molecule has 0 saturated heterocycles. The van der Waals surface area contributed by atoms with Crippen molar-refractivity contribution in [1.82, 2.24) is 0 Å². The van der Waals surface area contributed by atoms with Crippen molar-refractivity contribution < 1.29 is 11.2 Å². The molecule has 0 aliphatic heterocycles. The van der Waals surface area contributed by atoms with Crippen LogP contribution in [0.1, 0.15) is 0 Å². The van der Waals surface area contributed by atoms with Gasteiger partial charge in [0.15, 0.2) is 0 Å².